The van der Waals surface area contributed by atoms with Crippen LogP contribution in [0.15, 0.2) is 24.4 Å². The van der Waals surface area contributed by atoms with Crippen molar-refractivity contribution in [3.05, 3.63) is 41.3 Å². The highest BCUT2D eigenvalue weighted by Gasteiger charge is 2.18. The minimum absolute atomic E-state index is 0.165. The van der Waals surface area contributed by atoms with Crippen LogP contribution in [-0.2, 0) is 13.5 Å². The van der Waals surface area contributed by atoms with Crippen molar-refractivity contribution in [2.24, 2.45) is 7.05 Å². The first-order valence-electron chi connectivity index (χ1n) is 6.87. The molecule has 0 fully saturated rings. The summed E-state index contributed by atoms with van der Waals surface area (Å²) in [5.41, 5.74) is 3.31. The van der Waals surface area contributed by atoms with Gasteiger partial charge < -0.3 is 10.1 Å². The summed E-state index contributed by atoms with van der Waals surface area (Å²) in [6.45, 7) is 5.00. The molecule has 2 heterocycles. The Kier molecular flexibility index (Phi) is 4.74. The summed E-state index contributed by atoms with van der Waals surface area (Å²) in [7, 11) is 3.63. The molecule has 0 radical (unpaired) electrons. The van der Waals surface area contributed by atoms with Crippen LogP contribution in [0.3, 0.4) is 0 Å². The summed E-state index contributed by atoms with van der Waals surface area (Å²) in [5.74, 6) is 0.678. The Bertz CT molecular complexity index is 565. The normalized spacial score (nSPS) is 12.4. The number of likely N-dealkylation sites (N-methyl/N-ethyl adjacent to an activating group) is 1. The second-order valence-electron chi connectivity index (χ2n) is 4.82. The molecular weight excluding hydrogens is 252 g/mol. The summed E-state index contributed by atoms with van der Waals surface area (Å²) in [6.07, 6.45) is 2.60. The van der Waals surface area contributed by atoms with Crippen LogP contribution in [0, 0.1) is 6.92 Å². The van der Waals surface area contributed by atoms with Gasteiger partial charge in [0.1, 0.15) is 0 Å². The zero-order chi connectivity index (χ0) is 14.5. The topological polar surface area (TPSA) is 52.0 Å². The molecule has 0 saturated heterocycles. The van der Waals surface area contributed by atoms with Gasteiger partial charge in [0.05, 0.1) is 12.8 Å². The highest BCUT2D eigenvalue weighted by Crippen LogP contribution is 2.25. The van der Waals surface area contributed by atoms with Crippen LogP contribution in [0.25, 0.3) is 0 Å². The Labute approximate surface area is 120 Å². The third-order valence-electron chi connectivity index (χ3n) is 3.33. The summed E-state index contributed by atoms with van der Waals surface area (Å²) in [5, 5.41) is 7.90. The fourth-order valence-corrected chi connectivity index (χ4v) is 2.44. The van der Waals surface area contributed by atoms with E-state index >= 15 is 0 Å². The fraction of sp³-hybridized carbons (Fsp3) is 0.467. The molecule has 5 nitrogen and oxygen atoms in total. The smallest absolute Gasteiger partial charge is 0.217 e. The lowest BCUT2D eigenvalue weighted by atomic mass is 10.0. The van der Waals surface area contributed by atoms with Gasteiger partial charge >= 0.3 is 0 Å². The van der Waals surface area contributed by atoms with Crippen molar-refractivity contribution in [2.75, 3.05) is 13.7 Å². The second-order valence-corrected chi connectivity index (χ2v) is 4.82. The van der Waals surface area contributed by atoms with Gasteiger partial charge in [-0.25, -0.2) is 4.98 Å². The SMILES string of the molecule is CCNC(Cc1cc(C)nn1C)c1cccnc1OC. The van der Waals surface area contributed by atoms with Gasteiger partial charge in [-0.05, 0) is 25.6 Å². The highest BCUT2D eigenvalue weighted by atomic mass is 16.5. The van der Waals surface area contributed by atoms with E-state index in [4.69, 9.17) is 4.74 Å². The molecule has 2 rings (SSSR count). The molecule has 0 aliphatic heterocycles. The number of ether oxygens (including phenoxy) is 1. The van der Waals surface area contributed by atoms with Crippen LogP contribution >= 0.6 is 0 Å². The molecule has 0 bridgehead atoms. The van der Waals surface area contributed by atoms with Crippen LogP contribution in [0.2, 0.25) is 0 Å². The van der Waals surface area contributed by atoms with E-state index in [1.54, 1.807) is 13.3 Å². The molecule has 108 valence electrons. The van der Waals surface area contributed by atoms with Gasteiger partial charge in [-0.3, -0.25) is 4.68 Å². The number of aryl methyl sites for hydroxylation is 2. The average molecular weight is 274 g/mol. The fourth-order valence-electron chi connectivity index (χ4n) is 2.44. The van der Waals surface area contributed by atoms with Crippen molar-refractivity contribution < 1.29 is 4.74 Å². The third-order valence-corrected chi connectivity index (χ3v) is 3.33. The number of hydrogen-bond acceptors (Lipinski definition) is 4. The molecule has 0 amide bonds. The molecule has 2 aromatic rings. The molecule has 0 saturated carbocycles. The molecule has 2 aromatic heterocycles. The Morgan fingerprint density at radius 1 is 1.45 bits per heavy atom. The van der Waals surface area contributed by atoms with Crippen molar-refractivity contribution in [1.82, 2.24) is 20.1 Å². The van der Waals surface area contributed by atoms with Crippen molar-refractivity contribution >= 4 is 0 Å². The van der Waals surface area contributed by atoms with Crippen molar-refractivity contribution in [3.63, 3.8) is 0 Å². The summed E-state index contributed by atoms with van der Waals surface area (Å²) in [6, 6.07) is 6.28. The van der Waals surface area contributed by atoms with E-state index in [-0.39, 0.29) is 6.04 Å². The number of methoxy groups -OCH3 is 1. The van der Waals surface area contributed by atoms with Crippen molar-refractivity contribution in [1.29, 1.82) is 0 Å². The van der Waals surface area contributed by atoms with Crippen LogP contribution in [0.1, 0.15) is 29.9 Å². The van der Waals surface area contributed by atoms with E-state index in [9.17, 15) is 0 Å². The van der Waals surface area contributed by atoms with Crippen LogP contribution in [0.5, 0.6) is 5.88 Å². The summed E-state index contributed by atoms with van der Waals surface area (Å²) < 4.78 is 7.31. The van der Waals surface area contributed by atoms with E-state index in [1.165, 1.54) is 5.69 Å². The standard InChI is InChI=1S/C15H22N4O/c1-5-16-14(10-12-9-11(2)18-19(12)3)13-7-6-8-17-15(13)20-4/h6-9,14,16H,5,10H2,1-4H3. The Hall–Kier alpha value is -1.88. The van der Waals surface area contributed by atoms with Gasteiger partial charge in [0.25, 0.3) is 0 Å². The second kappa shape index (κ2) is 6.52. The molecular formula is C15H22N4O. The van der Waals surface area contributed by atoms with Gasteiger partial charge in [0.15, 0.2) is 0 Å². The highest BCUT2D eigenvalue weighted by molar-refractivity contribution is 5.30. The molecule has 0 spiro atoms. The van der Waals surface area contributed by atoms with Gasteiger partial charge in [-0.1, -0.05) is 13.0 Å². The number of pyridine rings is 1. The Morgan fingerprint density at radius 3 is 2.85 bits per heavy atom. The average Bonchev–Trinajstić information content (AvgIpc) is 2.76. The first kappa shape index (κ1) is 14.5. The zero-order valence-electron chi connectivity index (χ0n) is 12.6. The summed E-state index contributed by atoms with van der Waals surface area (Å²) in [4.78, 5) is 4.28. The van der Waals surface area contributed by atoms with Gasteiger partial charge in [-0.2, -0.15) is 5.10 Å². The van der Waals surface area contributed by atoms with Gasteiger partial charge in [0.2, 0.25) is 5.88 Å². The molecule has 1 atom stereocenters. The first-order chi connectivity index (χ1) is 9.65. The predicted octanol–water partition coefficient (Wildman–Crippen LogP) is 2.03. The van der Waals surface area contributed by atoms with E-state index in [0.717, 1.165) is 24.2 Å². The Morgan fingerprint density at radius 2 is 2.25 bits per heavy atom. The Balaban J connectivity index is 2.29. The van der Waals surface area contributed by atoms with Crippen LogP contribution in [0.4, 0.5) is 0 Å². The first-order valence-corrected chi connectivity index (χ1v) is 6.87. The van der Waals surface area contributed by atoms with Crippen LogP contribution < -0.4 is 10.1 Å². The van der Waals surface area contributed by atoms with Crippen molar-refractivity contribution in [2.45, 2.75) is 26.3 Å². The molecule has 1 unspecified atom stereocenters. The summed E-state index contributed by atoms with van der Waals surface area (Å²) >= 11 is 0. The van der Waals surface area contributed by atoms with Gasteiger partial charge in [-0.15, -0.1) is 0 Å². The van der Waals surface area contributed by atoms with E-state index in [2.05, 4.69) is 34.5 Å². The maximum atomic E-state index is 5.37. The van der Waals surface area contributed by atoms with E-state index in [1.807, 2.05) is 24.7 Å². The lowest BCUT2D eigenvalue weighted by Gasteiger charge is -2.20. The number of rotatable bonds is 6. The molecule has 0 aliphatic carbocycles. The maximum absolute atomic E-state index is 5.37. The molecule has 20 heavy (non-hydrogen) atoms. The van der Waals surface area contributed by atoms with E-state index in [0.29, 0.717) is 5.88 Å². The van der Waals surface area contributed by atoms with Crippen molar-refractivity contribution in [3.8, 4) is 5.88 Å². The monoisotopic (exact) mass is 274 g/mol. The minimum atomic E-state index is 0.165. The minimum Gasteiger partial charge on any atom is -0.481 e. The quantitative estimate of drug-likeness (QED) is 0.875. The molecule has 0 aliphatic rings. The lowest BCUT2D eigenvalue weighted by molar-refractivity contribution is 0.381. The predicted molar refractivity (Wildman–Crippen MR) is 78.9 cm³/mol. The van der Waals surface area contributed by atoms with Gasteiger partial charge in [0, 0.05) is 37.0 Å². The third kappa shape index (κ3) is 3.17. The molecule has 5 heteroatoms. The van der Waals surface area contributed by atoms with Crippen LogP contribution in [-0.4, -0.2) is 28.4 Å². The largest absolute Gasteiger partial charge is 0.481 e. The number of nitrogens with zero attached hydrogens (tertiary/aromatic N) is 3. The maximum Gasteiger partial charge on any atom is 0.217 e. The van der Waals surface area contributed by atoms with E-state index < -0.39 is 0 Å². The zero-order valence-corrected chi connectivity index (χ0v) is 12.6. The number of aromatic nitrogens is 3. The number of nitrogens with one attached hydrogen (secondary N) is 1. The molecule has 0 aromatic carbocycles. The number of hydrogen-bond donors (Lipinski definition) is 1. The lowest BCUT2D eigenvalue weighted by Crippen LogP contribution is -2.24. The molecule has 1 N–H and O–H groups in total.